The number of carbonyl (C=O) groups excluding carboxylic acids is 4. The zero-order chi connectivity index (χ0) is 65.9. The fraction of sp³-hybridized carbons (Fsp3) is 0.886. The van der Waals surface area contributed by atoms with E-state index in [0.717, 1.165) is 121 Å². The highest BCUT2D eigenvalue weighted by atomic mass is 31.2. The summed E-state index contributed by atoms with van der Waals surface area (Å²) in [6.45, 7) is 11.7. The third-order valence-corrected chi connectivity index (χ3v) is 17.8. The van der Waals surface area contributed by atoms with Crippen LogP contribution in [0.4, 0.5) is 0 Å². The van der Waals surface area contributed by atoms with Gasteiger partial charge in [0.15, 0.2) is 12.2 Å². The third kappa shape index (κ3) is 62.7. The van der Waals surface area contributed by atoms with E-state index in [1.54, 1.807) is 0 Å². The molecule has 17 nitrogen and oxygen atoms in total. The Morgan fingerprint density at radius 1 is 0.371 bits per heavy atom. The SMILES string of the molecule is CCCCCC/C=C\C=C/CCCCCCCC(=O)OC[C@H](COP(=O)(O)OCC(O)COP(=O)(O)OC[C@@H](COC(=O)CCCCCCCCCCC(C)C)OC(=O)CCCCCCCCC(C)C)OC(=O)CCCCCCCCCCCCC(C)CC. The van der Waals surface area contributed by atoms with Crippen LogP contribution in [0.3, 0.4) is 0 Å². The first-order valence-electron chi connectivity index (χ1n) is 35.7. The smallest absolute Gasteiger partial charge is 0.462 e. The molecule has 0 bridgehead atoms. The summed E-state index contributed by atoms with van der Waals surface area (Å²) in [6, 6.07) is 0. The fourth-order valence-electron chi connectivity index (χ4n) is 9.97. The maximum Gasteiger partial charge on any atom is 0.472 e. The summed E-state index contributed by atoms with van der Waals surface area (Å²) in [7, 11) is -9.91. The lowest BCUT2D eigenvalue weighted by atomic mass is 9.99. The minimum atomic E-state index is -4.96. The number of phosphoric ester groups is 2. The molecule has 4 unspecified atom stereocenters. The summed E-state index contributed by atoms with van der Waals surface area (Å²) in [5, 5.41) is 10.6. The molecule has 0 rings (SSSR count). The molecule has 6 atom stereocenters. The normalized spacial score (nSPS) is 14.7. The fourth-order valence-corrected chi connectivity index (χ4v) is 11.5. The molecule has 0 aliphatic rings. The lowest BCUT2D eigenvalue weighted by Gasteiger charge is -2.21. The van der Waals surface area contributed by atoms with Gasteiger partial charge in [-0.15, -0.1) is 0 Å². The summed E-state index contributed by atoms with van der Waals surface area (Å²) in [6.07, 6.45) is 46.8. The number of ether oxygens (including phenoxy) is 4. The first-order valence-corrected chi connectivity index (χ1v) is 38.7. The first-order chi connectivity index (χ1) is 42.8. The Labute approximate surface area is 542 Å². The van der Waals surface area contributed by atoms with Crippen molar-refractivity contribution in [3.63, 3.8) is 0 Å². The van der Waals surface area contributed by atoms with Crippen LogP contribution in [0.15, 0.2) is 24.3 Å². The molecule has 0 saturated heterocycles. The molecule has 524 valence electrons. The van der Waals surface area contributed by atoms with Crippen LogP contribution in [0.2, 0.25) is 0 Å². The predicted molar refractivity (Wildman–Crippen MR) is 358 cm³/mol. The molecule has 3 N–H and O–H groups in total. The Hall–Kier alpha value is -2.46. The van der Waals surface area contributed by atoms with Gasteiger partial charge in [-0.2, -0.15) is 0 Å². The number of unbranched alkanes of at least 4 members (excludes halogenated alkanes) is 30. The number of hydrogen-bond donors (Lipinski definition) is 3. The molecule has 0 heterocycles. The van der Waals surface area contributed by atoms with Gasteiger partial charge >= 0.3 is 39.5 Å². The number of aliphatic hydroxyl groups is 1. The second-order valence-corrected chi connectivity index (χ2v) is 28.7. The minimum Gasteiger partial charge on any atom is -0.462 e. The maximum absolute atomic E-state index is 13.0. The van der Waals surface area contributed by atoms with Crippen LogP contribution in [0.1, 0.15) is 325 Å². The predicted octanol–water partition coefficient (Wildman–Crippen LogP) is 19.4. The van der Waals surface area contributed by atoms with Gasteiger partial charge in [0, 0.05) is 25.7 Å². The standard InChI is InChI=1S/C70H132O17P2/c1-8-10-11-12-13-14-15-16-17-18-19-23-29-37-44-51-67(72)80-57-65(86-69(74)53-46-39-31-24-21-20-22-28-36-43-50-63(7)9-2)59-84-88(76,77)82-55-64(71)56-83-89(78,79)85-60-66(87-70(75)54-47-40-33-32-35-42-49-62(5)6)58-81-68(73)52-45-38-30-26-25-27-34-41-48-61(3)4/h14-17,61-66,71H,8-13,18-60H2,1-7H3,(H,76,77)(H,78,79)/b15-14-,17-16-/t63?,64?,65-,66-/m1/s1. The molecule has 0 saturated carbocycles. The average Bonchev–Trinajstić information content (AvgIpc) is 3.64. The summed E-state index contributed by atoms with van der Waals surface area (Å²) in [4.78, 5) is 72.5. The van der Waals surface area contributed by atoms with Gasteiger partial charge in [0.2, 0.25) is 0 Å². The molecule has 0 aliphatic carbocycles. The van der Waals surface area contributed by atoms with Crippen LogP contribution in [0.25, 0.3) is 0 Å². The van der Waals surface area contributed by atoms with Gasteiger partial charge in [-0.1, -0.05) is 272 Å². The summed E-state index contributed by atoms with van der Waals surface area (Å²) >= 11 is 0. The molecular weight excluding hydrogens is 1170 g/mol. The van der Waals surface area contributed by atoms with E-state index in [0.29, 0.717) is 31.6 Å². The zero-order valence-corrected chi connectivity index (χ0v) is 59.2. The Balaban J connectivity index is 5.28. The summed E-state index contributed by atoms with van der Waals surface area (Å²) < 4.78 is 68.2. The third-order valence-electron chi connectivity index (χ3n) is 15.9. The molecule has 0 aromatic heterocycles. The minimum absolute atomic E-state index is 0.0987. The van der Waals surface area contributed by atoms with Crippen molar-refractivity contribution in [2.24, 2.45) is 17.8 Å². The number of phosphoric acid groups is 2. The molecule has 0 fully saturated rings. The van der Waals surface area contributed by atoms with Crippen molar-refractivity contribution in [2.45, 2.75) is 343 Å². The molecular formula is C70H132O17P2. The highest BCUT2D eigenvalue weighted by Gasteiger charge is 2.30. The van der Waals surface area contributed by atoms with E-state index in [4.69, 9.17) is 37.0 Å². The highest BCUT2D eigenvalue weighted by Crippen LogP contribution is 2.45. The molecule has 0 amide bonds. The van der Waals surface area contributed by atoms with Crippen molar-refractivity contribution in [1.29, 1.82) is 0 Å². The largest absolute Gasteiger partial charge is 0.472 e. The first kappa shape index (κ1) is 86.5. The molecule has 0 aliphatic heterocycles. The molecule has 0 aromatic carbocycles. The lowest BCUT2D eigenvalue weighted by Crippen LogP contribution is -2.30. The number of rotatable bonds is 66. The number of esters is 4. The van der Waals surface area contributed by atoms with Gasteiger partial charge in [-0.05, 0) is 69.1 Å². The van der Waals surface area contributed by atoms with Crippen LogP contribution in [-0.2, 0) is 65.4 Å². The van der Waals surface area contributed by atoms with Gasteiger partial charge in [0.1, 0.15) is 19.3 Å². The van der Waals surface area contributed by atoms with Gasteiger partial charge in [0.25, 0.3) is 0 Å². The van der Waals surface area contributed by atoms with Crippen LogP contribution >= 0.6 is 15.6 Å². The zero-order valence-electron chi connectivity index (χ0n) is 57.4. The molecule has 0 radical (unpaired) electrons. The number of allylic oxidation sites excluding steroid dienone is 4. The Morgan fingerprint density at radius 3 is 1.00 bits per heavy atom. The number of hydrogen-bond acceptors (Lipinski definition) is 15. The Bertz CT molecular complexity index is 1840. The van der Waals surface area contributed by atoms with E-state index >= 15 is 0 Å². The molecule has 19 heteroatoms. The second-order valence-electron chi connectivity index (χ2n) is 25.8. The lowest BCUT2D eigenvalue weighted by molar-refractivity contribution is -0.161. The Morgan fingerprint density at radius 2 is 0.663 bits per heavy atom. The van der Waals surface area contributed by atoms with Crippen molar-refractivity contribution in [3.8, 4) is 0 Å². The van der Waals surface area contributed by atoms with Crippen molar-refractivity contribution < 1.29 is 80.2 Å². The van der Waals surface area contributed by atoms with E-state index in [1.807, 2.05) is 0 Å². The monoisotopic (exact) mass is 1310 g/mol. The summed E-state index contributed by atoms with van der Waals surface area (Å²) in [5.74, 6) is 0.0305. The quantitative estimate of drug-likeness (QED) is 0.0169. The van der Waals surface area contributed by atoms with Gasteiger partial charge in [-0.25, -0.2) is 9.13 Å². The average molecular weight is 1310 g/mol. The van der Waals surface area contributed by atoms with Crippen molar-refractivity contribution in [2.75, 3.05) is 39.6 Å². The van der Waals surface area contributed by atoms with E-state index < -0.39 is 97.5 Å². The van der Waals surface area contributed by atoms with Crippen molar-refractivity contribution in [3.05, 3.63) is 24.3 Å². The second kappa shape index (κ2) is 60.5. The topological polar surface area (TPSA) is 237 Å². The van der Waals surface area contributed by atoms with Crippen LogP contribution < -0.4 is 0 Å². The van der Waals surface area contributed by atoms with E-state index in [1.165, 1.54) is 116 Å². The molecule has 0 aromatic rings. The molecule has 89 heavy (non-hydrogen) atoms. The van der Waals surface area contributed by atoms with E-state index in [2.05, 4.69) is 72.8 Å². The number of aliphatic hydroxyl groups excluding tert-OH is 1. The maximum atomic E-state index is 13.0. The number of carbonyl (C=O) groups is 4. The van der Waals surface area contributed by atoms with E-state index in [-0.39, 0.29) is 25.7 Å². The van der Waals surface area contributed by atoms with Crippen molar-refractivity contribution in [1.82, 2.24) is 0 Å². The van der Waals surface area contributed by atoms with Gasteiger partial charge in [-0.3, -0.25) is 37.3 Å². The van der Waals surface area contributed by atoms with Gasteiger partial charge < -0.3 is 33.8 Å². The Kier molecular flexibility index (Phi) is 58.8. The van der Waals surface area contributed by atoms with Crippen LogP contribution in [-0.4, -0.2) is 96.7 Å². The van der Waals surface area contributed by atoms with Crippen LogP contribution in [0.5, 0.6) is 0 Å². The van der Waals surface area contributed by atoms with Gasteiger partial charge in [0.05, 0.1) is 26.4 Å². The van der Waals surface area contributed by atoms with Crippen LogP contribution in [0, 0.1) is 17.8 Å². The van der Waals surface area contributed by atoms with E-state index in [9.17, 15) is 43.2 Å². The highest BCUT2D eigenvalue weighted by molar-refractivity contribution is 7.47. The summed E-state index contributed by atoms with van der Waals surface area (Å²) in [5.41, 5.74) is 0. The molecule has 0 spiro atoms. The van der Waals surface area contributed by atoms with Crippen molar-refractivity contribution >= 4 is 39.5 Å².